The molecule has 158 valence electrons. The van der Waals surface area contributed by atoms with Crippen molar-refractivity contribution in [2.45, 2.75) is 13.0 Å². The number of nitrogens with zero attached hydrogens (tertiary/aromatic N) is 2. The first-order chi connectivity index (χ1) is 14.5. The average Bonchev–Trinajstić information content (AvgIpc) is 2.75. The molecular formula is C22H24BrN3O4. The third-order valence-corrected chi connectivity index (χ3v) is 5.75. The molecule has 1 saturated heterocycles. The van der Waals surface area contributed by atoms with E-state index in [1.165, 1.54) is 0 Å². The summed E-state index contributed by atoms with van der Waals surface area (Å²) in [4.78, 5) is 29.5. The Hall–Kier alpha value is -2.42. The zero-order valence-electron chi connectivity index (χ0n) is 16.8. The molecule has 2 heterocycles. The predicted octanol–water partition coefficient (Wildman–Crippen LogP) is 3.15. The van der Waals surface area contributed by atoms with E-state index in [0.29, 0.717) is 29.2 Å². The number of hydrogen-bond acceptors (Lipinski definition) is 5. The van der Waals surface area contributed by atoms with E-state index in [2.05, 4.69) is 26.1 Å². The van der Waals surface area contributed by atoms with Crippen molar-refractivity contribution in [1.82, 2.24) is 4.90 Å². The van der Waals surface area contributed by atoms with Crippen LogP contribution in [-0.2, 0) is 9.53 Å². The largest absolute Gasteiger partial charge is 0.479 e. The van der Waals surface area contributed by atoms with E-state index in [0.717, 1.165) is 37.3 Å². The van der Waals surface area contributed by atoms with Crippen LogP contribution in [-0.4, -0.2) is 62.2 Å². The van der Waals surface area contributed by atoms with Gasteiger partial charge in [0.25, 0.3) is 11.8 Å². The van der Waals surface area contributed by atoms with Gasteiger partial charge in [-0.25, -0.2) is 0 Å². The molecule has 2 aliphatic heterocycles. The van der Waals surface area contributed by atoms with Gasteiger partial charge >= 0.3 is 0 Å². The molecule has 0 aromatic heterocycles. The molecule has 0 aliphatic carbocycles. The number of nitrogens with one attached hydrogen (secondary N) is 1. The normalized spacial score (nSPS) is 19.2. The van der Waals surface area contributed by atoms with Crippen LogP contribution in [0.1, 0.15) is 17.3 Å². The lowest BCUT2D eigenvalue weighted by atomic mass is 10.1. The van der Waals surface area contributed by atoms with Crippen LogP contribution in [0.15, 0.2) is 46.9 Å². The number of carbonyl (C=O) groups excluding carboxylic acids is 2. The van der Waals surface area contributed by atoms with Crippen molar-refractivity contribution in [1.29, 1.82) is 0 Å². The molecule has 2 aromatic carbocycles. The van der Waals surface area contributed by atoms with Crippen molar-refractivity contribution in [3.63, 3.8) is 0 Å². The summed E-state index contributed by atoms with van der Waals surface area (Å²) in [6, 6.07) is 12.6. The smallest absolute Gasteiger partial charge is 0.267 e. The zero-order valence-corrected chi connectivity index (χ0v) is 18.4. The molecule has 0 saturated carbocycles. The molecular weight excluding hydrogens is 450 g/mol. The molecule has 4 rings (SSSR count). The van der Waals surface area contributed by atoms with E-state index in [9.17, 15) is 9.59 Å². The number of anilines is 2. The fourth-order valence-electron chi connectivity index (χ4n) is 3.61. The fraction of sp³-hybridized carbons (Fsp3) is 0.364. The van der Waals surface area contributed by atoms with E-state index in [1.807, 2.05) is 12.1 Å². The van der Waals surface area contributed by atoms with Crippen LogP contribution < -0.4 is 15.0 Å². The van der Waals surface area contributed by atoms with Crippen molar-refractivity contribution >= 4 is 39.1 Å². The van der Waals surface area contributed by atoms with Gasteiger partial charge in [0.2, 0.25) is 0 Å². The maximum absolute atomic E-state index is 12.8. The number of morpholine rings is 1. The summed E-state index contributed by atoms with van der Waals surface area (Å²) < 4.78 is 12.0. The molecule has 8 heteroatoms. The molecule has 7 nitrogen and oxygen atoms in total. The Labute approximate surface area is 184 Å². The van der Waals surface area contributed by atoms with Crippen molar-refractivity contribution < 1.29 is 19.1 Å². The topological polar surface area (TPSA) is 71.1 Å². The number of hydrogen-bond donors (Lipinski definition) is 1. The molecule has 0 spiro atoms. The molecule has 2 aromatic rings. The molecule has 1 atom stereocenters. The maximum Gasteiger partial charge on any atom is 0.267 e. The molecule has 0 bridgehead atoms. The van der Waals surface area contributed by atoms with Gasteiger partial charge in [-0.3, -0.25) is 14.5 Å². The standard InChI is InChI=1S/C22H24BrN3O4/c1-15-22(28)26(8-7-25-9-11-29-12-10-25)19-14-18(5-6-20(19)30-15)24-21(27)16-3-2-4-17(23)13-16/h2-6,13-15H,7-12H2,1H3,(H,24,27). The molecule has 1 N–H and O–H groups in total. The maximum atomic E-state index is 12.8. The lowest BCUT2D eigenvalue weighted by Crippen LogP contribution is -2.48. The van der Waals surface area contributed by atoms with Gasteiger partial charge < -0.3 is 19.7 Å². The summed E-state index contributed by atoms with van der Waals surface area (Å²) in [5.41, 5.74) is 1.84. The van der Waals surface area contributed by atoms with Gasteiger partial charge in [0.15, 0.2) is 6.10 Å². The Balaban J connectivity index is 1.53. The number of ether oxygens (including phenoxy) is 2. The van der Waals surface area contributed by atoms with Crippen LogP contribution in [0.25, 0.3) is 0 Å². The van der Waals surface area contributed by atoms with Crippen LogP contribution >= 0.6 is 15.9 Å². The van der Waals surface area contributed by atoms with Gasteiger partial charge in [0.1, 0.15) is 5.75 Å². The summed E-state index contributed by atoms with van der Waals surface area (Å²) >= 11 is 3.38. The SMILES string of the molecule is CC1Oc2ccc(NC(=O)c3cccc(Br)c3)cc2N(CCN2CCOCC2)C1=O. The number of benzene rings is 2. The third kappa shape index (κ3) is 4.66. The molecule has 2 amide bonds. The molecule has 0 radical (unpaired) electrons. The van der Waals surface area contributed by atoms with Gasteiger partial charge in [-0.1, -0.05) is 22.0 Å². The van der Waals surface area contributed by atoms with Gasteiger partial charge in [0, 0.05) is 41.9 Å². The van der Waals surface area contributed by atoms with Crippen LogP contribution in [0.5, 0.6) is 5.75 Å². The van der Waals surface area contributed by atoms with Gasteiger partial charge in [-0.05, 0) is 43.3 Å². The molecule has 1 fully saturated rings. The lowest BCUT2D eigenvalue weighted by Gasteiger charge is -2.35. The fourth-order valence-corrected chi connectivity index (χ4v) is 4.01. The summed E-state index contributed by atoms with van der Waals surface area (Å²) in [5.74, 6) is 0.350. The Morgan fingerprint density at radius 2 is 1.97 bits per heavy atom. The average molecular weight is 474 g/mol. The zero-order chi connectivity index (χ0) is 21.1. The highest BCUT2D eigenvalue weighted by Gasteiger charge is 2.32. The minimum atomic E-state index is -0.538. The molecule has 1 unspecified atom stereocenters. The van der Waals surface area contributed by atoms with E-state index < -0.39 is 6.10 Å². The predicted molar refractivity (Wildman–Crippen MR) is 118 cm³/mol. The number of fused-ring (bicyclic) bond motifs is 1. The van der Waals surface area contributed by atoms with Crippen molar-refractivity contribution in [3.8, 4) is 5.75 Å². The Morgan fingerprint density at radius 3 is 2.73 bits per heavy atom. The second kappa shape index (κ2) is 9.16. The second-order valence-corrected chi connectivity index (χ2v) is 8.27. The van der Waals surface area contributed by atoms with Gasteiger partial charge in [0.05, 0.1) is 18.9 Å². The van der Waals surface area contributed by atoms with Crippen LogP contribution in [0.2, 0.25) is 0 Å². The lowest BCUT2D eigenvalue weighted by molar-refractivity contribution is -0.125. The van der Waals surface area contributed by atoms with Gasteiger partial charge in [-0.2, -0.15) is 0 Å². The van der Waals surface area contributed by atoms with Crippen molar-refractivity contribution in [3.05, 3.63) is 52.5 Å². The van der Waals surface area contributed by atoms with Crippen LogP contribution in [0.3, 0.4) is 0 Å². The van der Waals surface area contributed by atoms with E-state index in [1.54, 1.807) is 42.2 Å². The number of halogens is 1. The molecule has 30 heavy (non-hydrogen) atoms. The quantitative estimate of drug-likeness (QED) is 0.721. The first-order valence-electron chi connectivity index (χ1n) is 10.0. The van der Waals surface area contributed by atoms with Crippen molar-refractivity contribution in [2.75, 3.05) is 49.6 Å². The highest BCUT2D eigenvalue weighted by Crippen LogP contribution is 2.36. The van der Waals surface area contributed by atoms with Crippen molar-refractivity contribution in [2.24, 2.45) is 0 Å². The first kappa shape index (κ1) is 20.8. The molecule has 2 aliphatic rings. The first-order valence-corrected chi connectivity index (χ1v) is 10.8. The van der Waals surface area contributed by atoms with E-state index >= 15 is 0 Å². The highest BCUT2D eigenvalue weighted by molar-refractivity contribution is 9.10. The Morgan fingerprint density at radius 1 is 1.17 bits per heavy atom. The second-order valence-electron chi connectivity index (χ2n) is 7.35. The number of carbonyl (C=O) groups is 2. The van der Waals surface area contributed by atoms with E-state index in [-0.39, 0.29) is 11.8 Å². The summed E-state index contributed by atoms with van der Waals surface area (Å²) in [5, 5.41) is 2.91. The Kier molecular flexibility index (Phi) is 6.36. The Bertz CT molecular complexity index is 946. The summed E-state index contributed by atoms with van der Waals surface area (Å²) in [6.45, 7) is 6.24. The highest BCUT2D eigenvalue weighted by atomic mass is 79.9. The third-order valence-electron chi connectivity index (χ3n) is 5.26. The summed E-state index contributed by atoms with van der Waals surface area (Å²) in [7, 11) is 0. The minimum Gasteiger partial charge on any atom is -0.479 e. The number of amides is 2. The van der Waals surface area contributed by atoms with E-state index in [4.69, 9.17) is 9.47 Å². The van der Waals surface area contributed by atoms with Crippen LogP contribution in [0, 0.1) is 0 Å². The van der Waals surface area contributed by atoms with Crippen LogP contribution in [0.4, 0.5) is 11.4 Å². The monoisotopic (exact) mass is 473 g/mol. The van der Waals surface area contributed by atoms with Gasteiger partial charge in [-0.15, -0.1) is 0 Å². The minimum absolute atomic E-state index is 0.0776. The number of rotatable bonds is 5. The summed E-state index contributed by atoms with van der Waals surface area (Å²) in [6.07, 6.45) is -0.538.